The number of hydrogen-bond acceptors (Lipinski definition) is 1. The lowest BCUT2D eigenvalue weighted by molar-refractivity contribution is 0.497. The summed E-state index contributed by atoms with van der Waals surface area (Å²) in [5.41, 5.74) is 0.346. The standard InChI is InChI=1S/C13H8BrF4N/c14-10-3-8(15)2-1-7(10)6-19-12-5-9(16)4-11(17)13(12)18/h1-5,19H,6H2. The van der Waals surface area contributed by atoms with Crippen molar-refractivity contribution < 1.29 is 17.6 Å². The van der Waals surface area contributed by atoms with Crippen LogP contribution in [0.15, 0.2) is 34.8 Å². The van der Waals surface area contributed by atoms with E-state index in [1.807, 2.05) is 0 Å². The summed E-state index contributed by atoms with van der Waals surface area (Å²) in [7, 11) is 0. The number of hydrogen-bond donors (Lipinski definition) is 1. The van der Waals surface area contributed by atoms with Crippen molar-refractivity contribution in [2.45, 2.75) is 6.54 Å². The monoisotopic (exact) mass is 333 g/mol. The Morgan fingerprint density at radius 1 is 0.947 bits per heavy atom. The smallest absolute Gasteiger partial charge is 0.182 e. The van der Waals surface area contributed by atoms with Crippen molar-refractivity contribution in [2.75, 3.05) is 5.32 Å². The molecule has 0 spiro atoms. The highest BCUT2D eigenvalue weighted by Gasteiger charge is 2.11. The molecule has 6 heteroatoms. The van der Waals surface area contributed by atoms with Gasteiger partial charge in [-0.1, -0.05) is 22.0 Å². The van der Waals surface area contributed by atoms with Crippen LogP contribution in [0.2, 0.25) is 0 Å². The fourth-order valence-corrected chi connectivity index (χ4v) is 2.03. The Kier molecular flexibility index (Phi) is 4.09. The van der Waals surface area contributed by atoms with Gasteiger partial charge in [0.1, 0.15) is 11.6 Å². The topological polar surface area (TPSA) is 12.0 Å². The van der Waals surface area contributed by atoms with Crippen molar-refractivity contribution in [3.05, 3.63) is 63.6 Å². The Labute approximate surface area is 115 Å². The molecule has 0 heterocycles. The fraction of sp³-hybridized carbons (Fsp3) is 0.0769. The molecule has 2 aromatic carbocycles. The van der Waals surface area contributed by atoms with Crippen molar-refractivity contribution in [2.24, 2.45) is 0 Å². The van der Waals surface area contributed by atoms with Gasteiger partial charge in [0.25, 0.3) is 0 Å². The highest BCUT2D eigenvalue weighted by Crippen LogP contribution is 2.22. The average Bonchev–Trinajstić information content (AvgIpc) is 2.33. The molecule has 1 N–H and O–H groups in total. The molecule has 0 amide bonds. The molecule has 0 atom stereocenters. The zero-order chi connectivity index (χ0) is 14.0. The lowest BCUT2D eigenvalue weighted by Gasteiger charge is -2.10. The lowest BCUT2D eigenvalue weighted by atomic mass is 10.2. The van der Waals surface area contributed by atoms with Crippen LogP contribution in [0.5, 0.6) is 0 Å². The Hall–Kier alpha value is -1.56. The summed E-state index contributed by atoms with van der Waals surface area (Å²) in [5, 5.41) is 2.56. The van der Waals surface area contributed by atoms with Crippen LogP contribution in [0, 0.1) is 23.3 Å². The summed E-state index contributed by atoms with van der Waals surface area (Å²) in [6.07, 6.45) is 0. The molecular formula is C13H8BrF4N. The molecule has 19 heavy (non-hydrogen) atoms. The Morgan fingerprint density at radius 3 is 2.37 bits per heavy atom. The van der Waals surface area contributed by atoms with Crippen molar-refractivity contribution in [1.82, 2.24) is 0 Å². The molecular weight excluding hydrogens is 326 g/mol. The average molecular weight is 334 g/mol. The van der Waals surface area contributed by atoms with Crippen molar-refractivity contribution in [1.29, 1.82) is 0 Å². The van der Waals surface area contributed by atoms with Gasteiger partial charge < -0.3 is 5.32 Å². The third-order valence-corrected chi connectivity index (χ3v) is 3.22. The normalized spacial score (nSPS) is 10.6. The predicted molar refractivity (Wildman–Crippen MR) is 67.7 cm³/mol. The van der Waals surface area contributed by atoms with Crippen LogP contribution in [0.3, 0.4) is 0 Å². The van der Waals surface area contributed by atoms with Crippen molar-refractivity contribution in [3.8, 4) is 0 Å². The van der Waals surface area contributed by atoms with E-state index in [0.717, 1.165) is 6.07 Å². The van der Waals surface area contributed by atoms with Gasteiger partial charge in [-0.3, -0.25) is 0 Å². The van der Waals surface area contributed by atoms with E-state index in [1.54, 1.807) is 0 Å². The molecule has 0 radical (unpaired) electrons. The minimum absolute atomic E-state index is 0.0979. The molecule has 0 saturated carbocycles. The number of halogens is 5. The maximum atomic E-state index is 13.4. The second kappa shape index (κ2) is 5.61. The molecule has 2 rings (SSSR count). The SMILES string of the molecule is Fc1ccc(CNc2cc(F)cc(F)c2F)c(Br)c1. The van der Waals surface area contributed by atoms with E-state index >= 15 is 0 Å². The van der Waals surface area contributed by atoms with E-state index in [0.29, 0.717) is 16.1 Å². The summed E-state index contributed by atoms with van der Waals surface area (Å²) in [5.74, 6) is -3.71. The van der Waals surface area contributed by atoms with Gasteiger partial charge in [-0.2, -0.15) is 0 Å². The third kappa shape index (κ3) is 3.26. The predicted octanol–water partition coefficient (Wildman–Crippen LogP) is 4.62. The van der Waals surface area contributed by atoms with Gasteiger partial charge in [0.15, 0.2) is 11.6 Å². The molecule has 0 aliphatic heterocycles. The first-order chi connectivity index (χ1) is 8.97. The molecule has 100 valence electrons. The van der Waals surface area contributed by atoms with Crippen molar-refractivity contribution in [3.63, 3.8) is 0 Å². The number of nitrogens with one attached hydrogen (secondary N) is 1. The molecule has 0 aliphatic rings. The first-order valence-electron chi connectivity index (χ1n) is 5.29. The fourth-order valence-electron chi connectivity index (χ4n) is 1.54. The van der Waals surface area contributed by atoms with E-state index in [-0.39, 0.29) is 12.2 Å². The Balaban J connectivity index is 2.19. The second-order valence-electron chi connectivity index (χ2n) is 3.84. The molecule has 0 fully saturated rings. The van der Waals surface area contributed by atoms with E-state index in [1.165, 1.54) is 18.2 Å². The van der Waals surface area contributed by atoms with E-state index < -0.39 is 23.3 Å². The molecule has 0 aliphatic carbocycles. The molecule has 0 bridgehead atoms. The minimum Gasteiger partial charge on any atom is -0.378 e. The van der Waals surface area contributed by atoms with E-state index in [9.17, 15) is 17.6 Å². The van der Waals surface area contributed by atoms with Crippen LogP contribution < -0.4 is 5.32 Å². The van der Waals surface area contributed by atoms with Crippen LogP contribution in [0.1, 0.15) is 5.56 Å². The largest absolute Gasteiger partial charge is 0.378 e. The van der Waals surface area contributed by atoms with Crippen LogP contribution >= 0.6 is 15.9 Å². The summed E-state index contributed by atoms with van der Waals surface area (Å²) < 4.78 is 52.7. The zero-order valence-electron chi connectivity index (χ0n) is 9.48. The highest BCUT2D eigenvalue weighted by molar-refractivity contribution is 9.10. The number of benzene rings is 2. The Bertz CT molecular complexity index is 616. The maximum absolute atomic E-state index is 13.4. The molecule has 0 unspecified atom stereocenters. The van der Waals surface area contributed by atoms with Gasteiger partial charge in [0, 0.05) is 23.2 Å². The van der Waals surface area contributed by atoms with Gasteiger partial charge in [-0.15, -0.1) is 0 Å². The van der Waals surface area contributed by atoms with Crippen LogP contribution in [-0.2, 0) is 6.54 Å². The first kappa shape index (κ1) is 13.9. The summed E-state index contributed by atoms with van der Waals surface area (Å²) >= 11 is 3.15. The number of anilines is 1. The van der Waals surface area contributed by atoms with E-state index in [2.05, 4.69) is 21.2 Å². The Morgan fingerprint density at radius 2 is 1.68 bits per heavy atom. The van der Waals surface area contributed by atoms with E-state index in [4.69, 9.17) is 0 Å². The van der Waals surface area contributed by atoms with Gasteiger partial charge in [-0.05, 0) is 17.7 Å². The quantitative estimate of drug-likeness (QED) is 0.638. The van der Waals surface area contributed by atoms with Gasteiger partial charge >= 0.3 is 0 Å². The zero-order valence-corrected chi connectivity index (χ0v) is 11.1. The lowest BCUT2D eigenvalue weighted by Crippen LogP contribution is -2.04. The minimum atomic E-state index is -1.26. The third-order valence-electron chi connectivity index (χ3n) is 2.48. The molecule has 2 aromatic rings. The van der Waals surface area contributed by atoms with Gasteiger partial charge in [0.05, 0.1) is 5.69 Å². The second-order valence-corrected chi connectivity index (χ2v) is 4.69. The summed E-state index contributed by atoms with van der Waals surface area (Å²) in [6.45, 7) is 0.0979. The van der Waals surface area contributed by atoms with Crippen LogP contribution in [-0.4, -0.2) is 0 Å². The molecule has 0 saturated heterocycles. The highest BCUT2D eigenvalue weighted by atomic mass is 79.9. The van der Waals surface area contributed by atoms with Gasteiger partial charge in [-0.25, -0.2) is 17.6 Å². The summed E-state index contributed by atoms with van der Waals surface area (Å²) in [4.78, 5) is 0. The molecule has 1 nitrogen and oxygen atoms in total. The van der Waals surface area contributed by atoms with Gasteiger partial charge in [0.2, 0.25) is 0 Å². The number of rotatable bonds is 3. The summed E-state index contributed by atoms with van der Waals surface area (Å²) in [6, 6.07) is 5.30. The maximum Gasteiger partial charge on any atom is 0.182 e. The van der Waals surface area contributed by atoms with Crippen LogP contribution in [0.4, 0.5) is 23.2 Å². The van der Waals surface area contributed by atoms with Crippen LogP contribution in [0.25, 0.3) is 0 Å². The van der Waals surface area contributed by atoms with Crippen molar-refractivity contribution >= 4 is 21.6 Å². The molecule has 0 aromatic heterocycles. The first-order valence-corrected chi connectivity index (χ1v) is 6.09.